The fourth-order valence-electron chi connectivity index (χ4n) is 6.89. The van der Waals surface area contributed by atoms with Gasteiger partial charge in [-0.1, -0.05) is 43.6 Å². The summed E-state index contributed by atoms with van der Waals surface area (Å²) >= 11 is 6.29. The van der Waals surface area contributed by atoms with Crippen LogP contribution < -0.4 is 15.0 Å². The lowest BCUT2D eigenvalue weighted by molar-refractivity contribution is 0.179. The second-order valence-corrected chi connectivity index (χ2v) is 13.5. The van der Waals surface area contributed by atoms with E-state index in [1.165, 1.54) is 45.4 Å². The Hall–Kier alpha value is -3.22. The average molecular weight is 614 g/mol. The molecule has 232 valence electrons. The Morgan fingerprint density at radius 3 is 2.59 bits per heavy atom. The summed E-state index contributed by atoms with van der Waals surface area (Å²) in [6, 6.07) is 16.4. The van der Waals surface area contributed by atoms with Crippen molar-refractivity contribution in [1.29, 1.82) is 0 Å². The van der Waals surface area contributed by atoms with Crippen LogP contribution in [0.5, 0.6) is 5.75 Å². The molecule has 2 unspecified atom stereocenters. The maximum absolute atomic E-state index is 7.37. The van der Waals surface area contributed by atoms with Crippen LogP contribution in [0.25, 0.3) is 4.85 Å². The standard InChI is InChI=1S/C35H44ClN7O/c1-35(2,28-19-29(36)21-31(20-28)37-3)27-6-8-33(9-7-27)44-25-30-10-13-39-34(40-30)42-17-15-41(16-18-42)23-26-11-14-43(24-26)32-5-4-12-38-22-32/h6-10,13,19-21,26,32,38H,4-5,11-12,14-18,22-25H2,1-2H3. The van der Waals surface area contributed by atoms with E-state index < -0.39 is 0 Å². The lowest BCUT2D eigenvalue weighted by Gasteiger charge is -2.36. The Morgan fingerprint density at radius 2 is 1.84 bits per heavy atom. The number of rotatable bonds is 9. The summed E-state index contributed by atoms with van der Waals surface area (Å²) in [5.74, 6) is 2.37. The van der Waals surface area contributed by atoms with Crippen LogP contribution in [0.15, 0.2) is 54.7 Å². The quantitative estimate of drug-likeness (QED) is 0.307. The summed E-state index contributed by atoms with van der Waals surface area (Å²) in [7, 11) is 0. The van der Waals surface area contributed by atoms with E-state index in [1.807, 2.05) is 36.5 Å². The molecule has 3 aliphatic heterocycles. The SMILES string of the molecule is [C-]#[N+]c1cc(Cl)cc(C(C)(C)c2ccc(OCc3ccnc(N4CCN(CC5CCN(C6CCCNC6)C5)CC4)n3)cc2)c1. The molecule has 3 aromatic rings. The Kier molecular flexibility index (Phi) is 9.68. The molecule has 8 nitrogen and oxygen atoms in total. The minimum absolute atomic E-state index is 0.307. The molecule has 0 saturated carbocycles. The molecule has 3 fully saturated rings. The lowest BCUT2D eigenvalue weighted by atomic mass is 9.78. The third-order valence-corrected chi connectivity index (χ3v) is 9.89. The number of nitrogens with one attached hydrogen (secondary N) is 1. The largest absolute Gasteiger partial charge is 0.487 e. The van der Waals surface area contributed by atoms with Crippen molar-refractivity contribution in [3.8, 4) is 5.75 Å². The minimum Gasteiger partial charge on any atom is -0.487 e. The van der Waals surface area contributed by atoms with E-state index in [9.17, 15) is 0 Å². The number of aromatic nitrogens is 2. The lowest BCUT2D eigenvalue weighted by Crippen LogP contribution is -2.49. The first-order valence-electron chi connectivity index (χ1n) is 16.0. The van der Waals surface area contributed by atoms with Gasteiger partial charge in [0.25, 0.3) is 0 Å². The molecule has 6 rings (SSSR count). The van der Waals surface area contributed by atoms with Crippen molar-refractivity contribution in [2.75, 3.05) is 63.8 Å². The smallest absolute Gasteiger partial charge is 0.225 e. The van der Waals surface area contributed by atoms with Gasteiger partial charge < -0.3 is 15.0 Å². The predicted molar refractivity (Wildman–Crippen MR) is 177 cm³/mol. The fraction of sp³-hybridized carbons (Fsp3) is 0.514. The van der Waals surface area contributed by atoms with Crippen LogP contribution in [-0.4, -0.2) is 84.7 Å². The molecular formula is C35H44ClN7O. The van der Waals surface area contributed by atoms with Crippen molar-refractivity contribution in [1.82, 2.24) is 25.1 Å². The zero-order chi connectivity index (χ0) is 30.5. The van der Waals surface area contributed by atoms with E-state index in [-0.39, 0.29) is 5.41 Å². The molecule has 2 aromatic carbocycles. The number of likely N-dealkylation sites (tertiary alicyclic amines) is 1. The Labute approximate surface area is 267 Å². The molecule has 2 atom stereocenters. The predicted octanol–water partition coefficient (Wildman–Crippen LogP) is 5.78. The van der Waals surface area contributed by atoms with Crippen molar-refractivity contribution in [2.45, 2.75) is 51.2 Å². The summed E-state index contributed by atoms with van der Waals surface area (Å²) in [4.78, 5) is 20.7. The molecule has 1 aromatic heterocycles. The summed E-state index contributed by atoms with van der Waals surface area (Å²) in [5.41, 5.74) is 3.25. The average Bonchev–Trinajstić information content (AvgIpc) is 3.53. The van der Waals surface area contributed by atoms with E-state index in [4.69, 9.17) is 27.9 Å². The van der Waals surface area contributed by atoms with Crippen LogP contribution >= 0.6 is 11.6 Å². The maximum atomic E-state index is 7.37. The molecule has 0 bridgehead atoms. The second kappa shape index (κ2) is 13.8. The van der Waals surface area contributed by atoms with Gasteiger partial charge in [-0.15, -0.1) is 0 Å². The summed E-state index contributed by atoms with van der Waals surface area (Å²) in [6.07, 6.45) is 5.83. The zero-order valence-electron chi connectivity index (χ0n) is 26.0. The third kappa shape index (κ3) is 7.35. The van der Waals surface area contributed by atoms with Crippen LogP contribution in [0, 0.1) is 12.5 Å². The van der Waals surface area contributed by atoms with Gasteiger partial charge in [-0.25, -0.2) is 14.8 Å². The third-order valence-electron chi connectivity index (χ3n) is 9.67. The van der Waals surface area contributed by atoms with Crippen molar-refractivity contribution in [3.63, 3.8) is 0 Å². The second-order valence-electron chi connectivity index (χ2n) is 13.0. The molecule has 1 N–H and O–H groups in total. The first-order chi connectivity index (χ1) is 21.4. The molecule has 0 aliphatic carbocycles. The highest BCUT2D eigenvalue weighted by molar-refractivity contribution is 6.31. The zero-order valence-corrected chi connectivity index (χ0v) is 26.8. The normalized spacial score (nSPS) is 21.7. The topological polar surface area (TPSA) is 61.1 Å². The van der Waals surface area contributed by atoms with Crippen molar-refractivity contribution in [2.24, 2.45) is 5.92 Å². The highest BCUT2D eigenvalue weighted by atomic mass is 35.5. The van der Waals surface area contributed by atoms with Crippen molar-refractivity contribution >= 4 is 23.2 Å². The molecular weight excluding hydrogens is 570 g/mol. The van der Waals surface area contributed by atoms with Crippen molar-refractivity contribution in [3.05, 3.63) is 88.0 Å². The molecule has 0 amide bonds. The van der Waals surface area contributed by atoms with Crippen LogP contribution in [0.4, 0.5) is 11.6 Å². The highest BCUT2D eigenvalue weighted by Gasteiger charge is 2.31. The van der Waals surface area contributed by atoms with Gasteiger partial charge in [-0.05, 0) is 79.7 Å². The number of ether oxygens (including phenoxy) is 1. The maximum Gasteiger partial charge on any atom is 0.225 e. The van der Waals surface area contributed by atoms with Gasteiger partial charge in [-0.2, -0.15) is 0 Å². The monoisotopic (exact) mass is 613 g/mol. The Bertz CT molecular complexity index is 1440. The summed E-state index contributed by atoms with van der Waals surface area (Å²) in [5, 5.41) is 4.16. The number of nitrogens with zero attached hydrogens (tertiary/aromatic N) is 6. The van der Waals surface area contributed by atoms with E-state index >= 15 is 0 Å². The van der Waals surface area contributed by atoms with Crippen LogP contribution in [-0.2, 0) is 12.0 Å². The molecule has 3 aliphatic rings. The van der Waals surface area contributed by atoms with Crippen LogP contribution in [0.3, 0.4) is 0 Å². The number of hydrogen-bond donors (Lipinski definition) is 1. The molecule has 9 heteroatoms. The van der Waals surface area contributed by atoms with Crippen LogP contribution in [0.2, 0.25) is 5.02 Å². The van der Waals surface area contributed by atoms with Gasteiger partial charge in [0.05, 0.1) is 12.3 Å². The number of piperidine rings is 1. The molecule has 3 saturated heterocycles. The van der Waals surface area contributed by atoms with E-state index in [0.717, 1.165) is 73.2 Å². The number of halogens is 1. The molecule has 4 heterocycles. The van der Waals surface area contributed by atoms with Gasteiger partial charge >= 0.3 is 0 Å². The Balaban J connectivity index is 0.984. The van der Waals surface area contributed by atoms with Crippen molar-refractivity contribution < 1.29 is 4.74 Å². The number of piperazine rings is 1. The Morgan fingerprint density at radius 1 is 1.02 bits per heavy atom. The summed E-state index contributed by atoms with van der Waals surface area (Å²) in [6.45, 7) is 22.1. The molecule has 0 radical (unpaired) electrons. The van der Waals surface area contributed by atoms with E-state index in [2.05, 4.69) is 55.8 Å². The number of hydrogen-bond acceptors (Lipinski definition) is 7. The van der Waals surface area contributed by atoms with E-state index in [1.54, 1.807) is 6.07 Å². The van der Waals surface area contributed by atoms with Gasteiger partial charge in [0.15, 0.2) is 5.69 Å². The minimum atomic E-state index is -0.307. The van der Waals surface area contributed by atoms with E-state index in [0.29, 0.717) is 17.3 Å². The highest BCUT2D eigenvalue weighted by Crippen LogP contribution is 2.36. The number of anilines is 1. The first kappa shape index (κ1) is 30.8. The molecule has 0 spiro atoms. The molecule has 44 heavy (non-hydrogen) atoms. The number of benzene rings is 2. The first-order valence-corrected chi connectivity index (χ1v) is 16.4. The summed E-state index contributed by atoms with van der Waals surface area (Å²) < 4.78 is 6.12. The van der Waals surface area contributed by atoms with Gasteiger partial charge in [0, 0.05) is 68.5 Å². The fourth-order valence-corrected chi connectivity index (χ4v) is 7.12. The van der Waals surface area contributed by atoms with Gasteiger partial charge in [0.1, 0.15) is 12.4 Å². The van der Waals surface area contributed by atoms with Gasteiger partial charge in [-0.3, -0.25) is 9.80 Å². The van der Waals surface area contributed by atoms with Gasteiger partial charge in [0.2, 0.25) is 5.95 Å². The van der Waals surface area contributed by atoms with Crippen LogP contribution in [0.1, 0.15) is 49.9 Å².